The number of nitrogens with one attached hydrogen (secondary N) is 1. The third-order valence-corrected chi connectivity index (χ3v) is 4.50. The topological polar surface area (TPSA) is 105 Å². The molecule has 1 saturated heterocycles. The van der Waals surface area contributed by atoms with Gasteiger partial charge in [-0.3, -0.25) is 9.13 Å². The van der Waals surface area contributed by atoms with E-state index < -0.39 is 12.1 Å². The van der Waals surface area contributed by atoms with E-state index in [2.05, 4.69) is 32.0 Å². The second-order valence-corrected chi connectivity index (χ2v) is 6.81. The maximum Gasteiger partial charge on any atom is 0.490 e. The molecule has 1 fully saturated rings. The van der Waals surface area contributed by atoms with Crippen LogP contribution in [0.3, 0.4) is 0 Å². The molecule has 3 heterocycles. The minimum atomic E-state index is -5.08. The fraction of sp³-hybridized carbons (Fsp3) is 0.556. The molecule has 0 atom stereocenters. The van der Waals surface area contributed by atoms with Crippen molar-refractivity contribution in [2.24, 2.45) is 0 Å². The lowest BCUT2D eigenvalue weighted by Crippen LogP contribution is -2.44. The lowest BCUT2D eigenvalue weighted by Gasteiger charge is -2.28. The standard InChI is InChI=1S/C16H21ClN6O.C2HF3O2/c1-3-5-9-22-12-13(21-10-6-18-7-11-21)19-15(17)20-14(12)23(8-4-2)16(22)24;3-2(4,5)1(6)7/h18H,4,6-11H2,1-2H3;(H,6,7). The van der Waals surface area contributed by atoms with Gasteiger partial charge >= 0.3 is 17.8 Å². The number of halogens is 4. The highest BCUT2D eigenvalue weighted by atomic mass is 35.5. The number of nitrogens with zero attached hydrogens (tertiary/aromatic N) is 5. The van der Waals surface area contributed by atoms with E-state index in [9.17, 15) is 18.0 Å². The molecule has 3 rings (SSSR count). The average Bonchev–Trinajstić information content (AvgIpc) is 2.97. The average molecular weight is 463 g/mol. The summed E-state index contributed by atoms with van der Waals surface area (Å²) in [5.74, 6) is 3.79. The number of carbonyl (C=O) groups is 1. The molecular formula is C18H22ClF3N6O3. The predicted molar refractivity (Wildman–Crippen MR) is 109 cm³/mol. The van der Waals surface area contributed by atoms with Crippen LogP contribution in [-0.2, 0) is 17.9 Å². The number of carboxylic acid groups (broad SMARTS) is 1. The van der Waals surface area contributed by atoms with Gasteiger partial charge in [-0.2, -0.15) is 23.1 Å². The largest absolute Gasteiger partial charge is 0.490 e. The molecule has 0 saturated carbocycles. The first kappa shape index (κ1) is 24.5. The van der Waals surface area contributed by atoms with Gasteiger partial charge in [-0.05, 0) is 24.9 Å². The van der Waals surface area contributed by atoms with Gasteiger partial charge in [0.05, 0.1) is 6.54 Å². The van der Waals surface area contributed by atoms with Gasteiger partial charge in [-0.15, -0.1) is 5.92 Å². The first-order chi connectivity index (χ1) is 14.6. The summed E-state index contributed by atoms with van der Waals surface area (Å²) in [6.45, 7) is 8.09. The molecule has 2 aromatic rings. The highest BCUT2D eigenvalue weighted by Crippen LogP contribution is 2.25. The Kier molecular flexibility index (Phi) is 8.29. The molecule has 0 aromatic carbocycles. The Balaban J connectivity index is 0.000000423. The summed E-state index contributed by atoms with van der Waals surface area (Å²) in [6.07, 6.45) is -4.25. The quantitative estimate of drug-likeness (QED) is 0.526. The number of hydrogen-bond donors (Lipinski definition) is 2. The minimum absolute atomic E-state index is 0.109. The second kappa shape index (κ2) is 10.5. The maximum absolute atomic E-state index is 12.8. The molecule has 31 heavy (non-hydrogen) atoms. The molecule has 0 radical (unpaired) electrons. The van der Waals surface area contributed by atoms with Crippen LogP contribution in [0.5, 0.6) is 0 Å². The Labute approximate surface area is 180 Å². The number of alkyl halides is 3. The molecule has 1 aliphatic rings. The molecule has 2 N–H and O–H groups in total. The molecule has 170 valence electrons. The zero-order valence-electron chi connectivity index (χ0n) is 17.0. The van der Waals surface area contributed by atoms with Crippen LogP contribution in [0.15, 0.2) is 4.79 Å². The van der Waals surface area contributed by atoms with Crippen LogP contribution in [0, 0.1) is 11.8 Å². The van der Waals surface area contributed by atoms with Crippen molar-refractivity contribution >= 4 is 34.6 Å². The van der Waals surface area contributed by atoms with E-state index in [-0.39, 0.29) is 11.0 Å². The van der Waals surface area contributed by atoms with Gasteiger partial charge in [0.2, 0.25) is 5.28 Å². The van der Waals surface area contributed by atoms with Gasteiger partial charge in [0, 0.05) is 32.7 Å². The van der Waals surface area contributed by atoms with Gasteiger partial charge in [-0.1, -0.05) is 12.8 Å². The Morgan fingerprint density at radius 3 is 2.39 bits per heavy atom. The molecule has 9 nitrogen and oxygen atoms in total. The Morgan fingerprint density at radius 2 is 1.87 bits per heavy atom. The molecule has 0 spiro atoms. The van der Waals surface area contributed by atoms with Crippen molar-refractivity contribution < 1.29 is 23.1 Å². The molecule has 0 amide bonds. The van der Waals surface area contributed by atoms with Crippen LogP contribution < -0.4 is 15.9 Å². The molecule has 0 bridgehead atoms. The van der Waals surface area contributed by atoms with E-state index in [4.69, 9.17) is 21.5 Å². The monoisotopic (exact) mass is 462 g/mol. The number of aromatic nitrogens is 4. The van der Waals surface area contributed by atoms with Crippen LogP contribution in [0.2, 0.25) is 5.28 Å². The van der Waals surface area contributed by atoms with Gasteiger partial charge in [-0.25, -0.2) is 9.59 Å². The van der Waals surface area contributed by atoms with Crippen LogP contribution >= 0.6 is 11.6 Å². The molecular weight excluding hydrogens is 441 g/mol. The normalized spacial score (nSPS) is 13.9. The summed E-state index contributed by atoms with van der Waals surface area (Å²) in [5, 5.41) is 10.6. The second-order valence-electron chi connectivity index (χ2n) is 6.48. The van der Waals surface area contributed by atoms with Crippen LogP contribution in [0.4, 0.5) is 19.0 Å². The number of aliphatic carboxylic acids is 1. The highest BCUT2D eigenvalue weighted by molar-refractivity contribution is 6.28. The van der Waals surface area contributed by atoms with E-state index in [0.29, 0.717) is 18.7 Å². The number of aryl methyl sites for hydroxylation is 1. The van der Waals surface area contributed by atoms with Gasteiger partial charge < -0.3 is 15.3 Å². The summed E-state index contributed by atoms with van der Waals surface area (Å²) in [5.41, 5.74) is 1.21. The van der Waals surface area contributed by atoms with Crippen molar-refractivity contribution in [1.82, 2.24) is 24.4 Å². The fourth-order valence-corrected chi connectivity index (χ4v) is 3.15. The number of rotatable bonds is 4. The molecule has 2 aromatic heterocycles. The third kappa shape index (κ3) is 5.89. The predicted octanol–water partition coefficient (Wildman–Crippen LogP) is 1.72. The fourth-order valence-electron chi connectivity index (χ4n) is 2.99. The zero-order valence-corrected chi connectivity index (χ0v) is 17.7. The van der Waals surface area contributed by atoms with Crippen LogP contribution in [0.1, 0.15) is 20.3 Å². The maximum atomic E-state index is 12.8. The van der Waals surface area contributed by atoms with E-state index in [1.54, 1.807) is 16.1 Å². The Bertz CT molecular complexity index is 1050. The van der Waals surface area contributed by atoms with Crippen molar-refractivity contribution in [3.8, 4) is 11.8 Å². The molecule has 1 aliphatic heterocycles. The van der Waals surface area contributed by atoms with Crippen molar-refractivity contribution in [3.63, 3.8) is 0 Å². The number of fused-ring (bicyclic) bond motifs is 1. The first-order valence-electron chi connectivity index (χ1n) is 9.43. The first-order valence-corrected chi connectivity index (χ1v) is 9.81. The molecule has 0 unspecified atom stereocenters. The zero-order chi connectivity index (χ0) is 23.2. The van der Waals surface area contributed by atoms with Gasteiger partial charge in [0.1, 0.15) is 5.52 Å². The SMILES string of the molecule is CC#CCn1c(=O)n(CCC)c2nc(Cl)nc(N3CCNCC3)c21.O=C(O)C(F)(F)F. The van der Waals surface area contributed by atoms with E-state index in [0.717, 1.165) is 43.9 Å². The van der Waals surface area contributed by atoms with Crippen LogP contribution in [0.25, 0.3) is 11.2 Å². The minimum Gasteiger partial charge on any atom is -0.475 e. The number of anilines is 1. The summed E-state index contributed by atoms with van der Waals surface area (Å²) < 4.78 is 35.1. The Morgan fingerprint density at radius 1 is 1.26 bits per heavy atom. The van der Waals surface area contributed by atoms with Gasteiger partial charge in [0.15, 0.2) is 11.5 Å². The van der Waals surface area contributed by atoms with Crippen LogP contribution in [-0.4, -0.2) is 62.5 Å². The van der Waals surface area contributed by atoms with Crippen molar-refractivity contribution in [3.05, 3.63) is 15.8 Å². The van der Waals surface area contributed by atoms with E-state index in [1.165, 1.54) is 0 Å². The number of hydrogen-bond acceptors (Lipinski definition) is 6. The molecule has 13 heteroatoms. The van der Waals surface area contributed by atoms with E-state index in [1.807, 2.05) is 6.92 Å². The summed E-state index contributed by atoms with van der Waals surface area (Å²) in [4.78, 5) is 32.7. The summed E-state index contributed by atoms with van der Waals surface area (Å²) in [7, 11) is 0. The van der Waals surface area contributed by atoms with Crippen molar-refractivity contribution in [2.75, 3.05) is 31.1 Å². The molecule has 0 aliphatic carbocycles. The third-order valence-electron chi connectivity index (χ3n) is 4.33. The summed E-state index contributed by atoms with van der Waals surface area (Å²) in [6, 6.07) is 0. The highest BCUT2D eigenvalue weighted by Gasteiger charge is 2.38. The number of carboxylic acids is 1. The summed E-state index contributed by atoms with van der Waals surface area (Å²) >= 11 is 6.16. The van der Waals surface area contributed by atoms with E-state index >= 15 is 0 Å². The lowest BCUT2D eigenvalue weighted by molar-refractivity contribution is -0.192. The smallest absolute Gasteiger partial charge is 0.475 e. The van der Waals surface area contributed by atoms with Crippen molar-refractivity contribution in [2.45, 2.75) is 39.5 Å². The number of imidazole rings is 1. The number of piperazine rings is 1. The van der Waals surface area contributed by atoms with Gasteiger partial charge in [0.25, 0.3) is 0 Å². The van der Waals surface area contributed by atoms with Crippen molar-refractivity contribution in [1.29, 1.82) is 0 Å². The lowest BCUT2D eigenvalue weighted by atomic mass is 10.3. The Hall–Kier alpha value is -2.78.